The highest BCUT2D eigenvalue weighted by Gasteiger charge is 2.26. The summed E-state index contributed by atoms with van der Waals surface area (Å²) in [5.74, 6) is 0. The van der Waals surface area contributed by atoms with Crippen molar-refractivity contribution < 1.29 is 0 Å². The van der Waals surface area contributed by atoms with Gasteiger partial charge in [0.05, 0.1) is 27.6 Å². The van der Waals surface area contributed by atoms with Crippen molar-refractivity contribution >= 4 is 38.6 Å². The van der Waals surface area contributed by atoms with Crippen LogP contribution in [0.15, 0.2) is 23.6 Å². The van der Waals surface area contributed by atoms with Crippen molar-refractivity contribution in [3.63, 3.8) is 0 Å². The zero-order valence-electron chi connectivity index (χ0n) is 13.1. The van der Waals surface area contributed by atoms with E-state index in [1.54, 1.807) is 11.3 Å². The molecule has 1 aliphatic heterocycles. The van der Waals surface area contributed by atoms with Crippen molar-refractivity contribution in [1.29, 1.82) is 0 Å². The molecule has 0 amide bonds. The van der Waals surface area contributed by atoms with E-state index < -0.39 is 0 Å². The number of thiophene rings is 2. The van der Waals surface area contributed by atoms with E-state index in [4.69, 9.17) is 10.7 Å². The first-order valence-corrected chi connectivity index (χ1v) is 9.58. The molecule has 23 heavy (non-hydrogen) atoms. The Morgan fingerprint density at radius 1 is 1.48 bits per heavy atom. The molecule has 0 spiro atoms. The van der Waals surface area contributed by atoms with Gasteiger partial charge in [0.1, 0.15) is 0 Å². The molecule has 4 N–H and O–H groups in total. The van der Waals surface area contributed by atoms with Crippen LogP contribution in [0, 0.1) is 6.92 Å². The van der Waals surface area contributed by atoms with Gasteiger partial charge >= 0.3 is 0 Å². The molecule has 4 rings (SSSR count). The second-order valence-corrected chi connectivity index (χ2v) is 7.99. The number of aromatic nitrogens is 1. The molecule has 4 nitrogen and oxygen atoms in total. The van der Waals surface area contributed by atoms with E-state index in [0.29, 0.717) is 12.6 Å². The molecule has 0 radical (unpaired) electrons. The minimum absolute atomic E-state index is 0.416. The van der Waals surface area contributed by atoms with Crippen molar-refractivity contribution in [2.24, 2.45) is 5.73 Å². The number of hydrogen-bond donors (Lipinski definition) is 3. The lowest BCUT2D eigenvalue weighted by Gasteiger charge is -2.08. The fourth-order valence-corrected chi connectivity index (χ4v) is 4.68. The third-order valence-corrected chi connectivity index (χ3v) is 6.41. The normalized spacial score (nSPS) is 16.9. The first-order valence-electron chi connectivity index (χ1n) is 7.89. The molecular weight excluding hydrogens is 324 g/mol. The van der Waals surface area contributed by atoms with E-state index in [1.807, 2.05) is 11.3 Å². The lowest BCUT2D eigenvalue weighted by Crippen LogP contribution is -2.02. The first-order chi connectivity index (χ1) is 11.3. The molecule has 3 aromatic heterocycles. The van der Waals surface area contributed by atoms with Crippen LogP contribution in [-0.2, 0) is 13.0 Å². The van der Waals surface area contributed by atoms with Gasteiger partial charge in [0, 0.05) is 22.8 Å². The standard InChI is InChI=1S/C17H20N4S2/c1-10-15(4-5-18)23-17-13(19-8-11-3-2-6-22-11)7-12(14-9-20-14)21-16(10)17/h2-3,6-7,14,20H,4-5,8-9,18H2,1H3,(H,19,21). The zero-order valence-corrected chi connectivity index (χ0v) is 14.7. The summed E-state index contributed by atoms with van der Waals surface area (Å²) in [5, 5.41) is 9.09. The maximum Gasteiger partial charge on any atom is 0.0866 e. The first kappa shape index (κ1) is 15.1. The van der Waals surface area contributed by atoms with Gasteiger partial charge in [-0.05, 0) is 43.0 Å². The van der Waals surface area contributed by atoms with Crippen LogP contribution >= 0.6 is 22.7 Å². The summed E-state index contributed by atoms with van der Waals surface area (Å²) in [5.41, 5.74) is 10.5. The Balaban J connectivity index is 1.74. The van der Waals surface area contributed by atoms with Crippen molar-refractivity contribution in [2.75, 3.05) is 18.4 Å². The topological polar surface area (TPSA) is 72.9 Å². The van der Waals surface area contributed by atoms with Crippen LogP contribution < -0.4 is 16.4 Å². The molecule has 0 saturated carbocycles. The monoisotopic (exact) mass is 344 g/mol. The number of anilines is 1. The molecule has 0 aromatic carbocycles. The predicted octanol–water partition coefficient (Wildman–Crippen LogP) is 3.42. The molecule has 4 heterocycles. The molecule has 6 heteroatoms. The van der Waals surface area contributed by atoms with Gasteiger partial charge in [-0.2, -0.15) is 0 Å². The summed E-state index contributed by atoms with van der Waals surface area (Å²) < 4.78 is 1.26. The Hall–Kier alpha value is -1.47. The Bertz CT molecular complexity index is 819. The molecule has 120 valence electrons. The third kappa shape index (κ3) is 2.99. The summed E-state index contributed by atoms with van der Waals surface area (Å²) in [6.45, 7) is 4.74. The van der Waals surface area contributed by atoms with E-state index >= 15 is 0 Å². The van der Waals surface area contributed by atoms with Crippen LogP contribution in [0.1, 0.15) is 27.1 Å². The SMILES string of the molecule is Cc1c(CCN)sc2c(NCc3cccs3)cc(C3CN3)nc12. The van der Waals surface area contributed by atoms with Gasteiger partial charge in [0.2, 0.25) is 0 Å². The fraction of sp³-hybridized carbons (Fsp3) is 0.353. The second-order valence-electron chi connectivity index (χ2n) is 5.86. The number of rotatable bonds is 6. The molecule has 1 saturated heterocycles. The Morgan fingerprint density at radius 3 is 3.04 bits per heavy atom. The Kier molecular flexibility index (Phi) is 4.07. The predicted molar refractivity (Wildman–Crippen MR) is 99.5 cm³/mol. The summed E-state index contributed by atoms with van der Waals surface area (Å²) in [7, 11) is 0. The van der Waals surface area contributed by atoms with Gasteiger partial charge in [0.15, 0.2) is 0 Å². The number of nitrogens with zero attached hydrogens (tertiary/aromatic N) is 1. The smallest absolute Gasteiger partial charge is 0.0866 e. The van der Waals surface area contributed by atoms with E-state index in [1.165, 1.54) is 25.7 Å². The Labute approximate surface area is 143 Å². The van der Waals surface area contributed by atoms with Gasteiger partial charge in [-0.25, -0.2) is 4.98 Å². The minimum Gasteiger partial charge on any atom is -0.379 e. The molecule has 1 atom stereocenters. The van der Waals surface area contributed by atoms with Crippen LogP contribution in [0.25, 0.3) is 10.2 Å². The largest absolute Gasteiger partial charge is 0.379 e. The average Bonchev–Trinajstić information content (AvgIpc) is 3.19. The van der Waals surface area contributed by atoms with Crippen molar-refractivity contribution in [2.45, 2.75) is 25.9 Å². The highest BCUT2D eigenvalue weighted by molar-refractivity contribution is 7.19. The summed E-state index contributed by atoms with van der Waals surface area (Å²) in [6, 6.07) is 6.89. The minimum atomic E-state index is 0.416. The van der Waals surface area contributed by atoms with E-state index in [0.717, 1.165) is 30.7 Å². The molecule has 3 aromatic rings. The second kappa shape index (κ2) is 6.20. The average molecular weight is 345 g/mol. The van der Waals surface area contributed by atoms with Crippen molar-refractivity contribution in [1.82, 2.24) is 10.3 Å². The van der Waals surface area contributed by atoms with Gasteiger partial charge in [0.25, 0.3) is 0 Å². The van der Waals surface area contributed by atoms with Crippen molar-refractivity contribution in [3.05, 3.63) is 44.6 Å². The summed E-state index contributed by atoms with van der Waals surface area (Å²) in [6.07, 6.45) is 0.925. The third-order valence-electron chi connectivity index (χ3n) is 4.16. The van der Waals surface area contributed by atoms with E-state index in [-0.39, 0.29) is 0 Å². The molecule has 1 aliphatic rings. The Morgan fingerprint density at radius 2 is 2.35 bits per heavy atom. The fourth-order valence-electron chi connectivity index (χ4n) is 2.79. The number of fused-ring (bicyclic) bond motifs is 1. The van der Waals surface area contributed by atoms with E-state index in [9.17, 15) is 0 Å². The lowest BCUT2D eigenvalue weighted by molar-refractivity contribution is 0.978. The number of aryl methyl sites for hydroxylation is 1. The maximum atomic E-state index is 5.76. The molecule has 1 fully saturated rings. The zero-order chi connectivity index (χ0) is 15.8. The van der Waals surface area contributed by atoms with Crippen LogP contribution in [0.3, 0.4) is 0 Å². The maximum absolute atomic E-state index is 5.76. The molecule has 0 aliphatic carbocycles. The van der Waals surface area contributed by atoms with Crippen LogP contribution in [0.2, 0.25) is 0 Å². The molecule has 0 bridgehead atoms. The number of pyridine rings is 1. The quantitative estimate of drug-likeness (QED) is 0.599. The van der Waals surface area contributed by atoms with Crippen molar-refractivity contribution in [3.8, 4) is 0 Å². The lowest BCUT2D eigenvalue weighted by atomic mass is 10.1. The van der Waals surface area contributed by atoms with E-state index in [2.05, 4.69) is 41.1 Å². The molecular formula is C17H20N4S2. The van der Waals surface area contributed by atoms with Gasteiger partial charge in [-0.1, -0.05) is 6.07 Å². The van der Waals surface area contributed by atoms with Gasteiger partial charge in [-0.3, -0.25) is 0 Å². The molecule has 1 unspecified atom stereocenters. The van der Waals surface area contributed by atoms with Crippen LogP contribution in [-0.4, -0.2) is 18.1 Å². The highest BCUT2D eigenvalue weighted by atomic mass is 32.1. The summed E-state index contributed by atoms with van der Waals surface area (Å²) in [4.78, 5) is 7.62. The van der Waals surface area contributed by atoms with Crippen LogP contribution in [0.4, 0.5) is 5.69 Å². The van der Waals surface area contributed by atoms with Gasteiger partial charge < -0.3 is 16.4 Å². The highest BCUT2D eigenvalue weighted by Crippen LogP contribution is 2.37. The van der Waals surface area contributed by atoms with Crippen LogP contribution in [0.5, 0.6) is 0 Å². The van der Waals surface area contributed by atoms with Gasteiger partial charge in [-0.15, -0.1) is 22.7 Å². The number of nitrogens with one attached hydrogen (secondary N) is 2. The number of hydrogen-bond acceptors (Lipinski definition) is 6. The number of nitrogens with two attached hydrogens (primary N) is 1. The summed E-state index contributed by atoms with van der Waals surface area (Å²) >= 11 is 3.61.